The molecule has 0 saturated heterocycles. The number of aliphatic hydroxyl groups is 1. The number of unbranched alkanes of at least 4 members (excludes halogenated alkanes) is 22. The Hall–Kier alpha value is -1.91. The molecule has 4 nitrogen and oxygen atoms in total. The molecule has 0 amide bonds. The van der Waals surface area contributed by atoms with Crippen LogP contribution in [-0.4, -0.2) is 37.0 Å². The van der Waals surface area contributed by atoms with Crippen molar-refractivity contribution in [2.75, 3.05) is 19.8 Å². The van der Waals surface area contributed by atoms with Crippen LogP contribution in [0.25, 0.3) is 0 Å². The van der Waals surface area contributed by atoms with Gasteiger partial charge in [0.2, 0.25) is 0 Å². The SMILES string of the molecule is CC/C=C\C/C=C\C/C=C\CCCCCCCCOCC(CO)OC(=O)CCCCCCCCCCCCC/C=C\C/C=C\CCCCCCC. The van der Waals surface area contributed by atoms with E-state index in [1.807, 2.05) is 0 Å². The smallest absolute Gasteiger partial charge is 0.306 e. The summed E-state index contributed by atoms with van der Waals surface area (Å²) in [6.45, 7) is 5.20. The Morgan fingerprint density at radius 3 is 1.33 bits per heavy atom. The molecule has 0 aliphatic rings. The fourth-order valence-corrected chi connectivity index (χ4v) is 6.08. The Morgan fingerprint density at radius 1 is 0.490 bits per heavy atom. The molecule has 1 atom stereocenters. The minimum absolute atomic E-state index is 0.180. The lowest BCUT2D eigenvalue weighted by Crippen LogP contribution is -2.27. The van der Waals surface area contributed by atoms with Gasteiger partial charge in [0.25, 0.3) is 0 Å². The highest BCUT2D eigenvalue weighted by molar-refractivity contribution is 5.69. The summed E-state index contributed by atoms with van der Waals surface area (Å²) in [5.74, 6) is -0.209. The van der Waals surface area contributed by atoms with Crippen LogP contribution < -0.4 is 0 Å². The number of esters is 1. The number of hydrogen-bond acceptors (Lipinski definition) is 4. The number of hydrogen-bond donors (Lipinski definition) is 1. The molecule has 0 fully saturated rings. The third kappa shape index (κ3) is 42.4. The molecule has 51 heavy (non-hydrogen) atoms. The number of carbonyl (C=O) groups excluding carboxylic acids is 1. The van der Waals surface area contributed by atoms with Gasteiger partial charge in [-0.05, 0) is 77.0 Å². The summed E-state index contributed by atoms with van der Waals surface area (Å²) in [4.78, 5) is 12.2. The Kier molecular flexibility index (Phi) is 42.6. The summed E-state index contributed by atoms with van der Waals surface area (Å²) >= 11 is 0. The summed E-state index contributed by atoms with van der Waals surface area (Å²) in [7, 11) is 0. The molecule has 1 N–H and O–H groups in total. The van der Waals surface area contributed by atoms with E-state index in [0.29, 0.717) is 13.0 Å². The zero-order chi connectivity index (χ0) is 37.0. The van der Waals surface area contributed by atoms with Crippen LogP contribution in [-0.2, 0) is 14.3 Å². The van der Waals surface area contributed by atoms with Crippen molar-refractivity contribution in [3.63, 3.8) is 0 Å². The van der Waals surface area contributed by atoms with E-state index in [-0.39, 0.29) is 19.2 Å². The molecule has 0 bridgehead atoms. The third-order valence-electron chi connectivity index (χ3n) is 9.33. The Morgan fingerprint density at radius 2 is 0.882 bits per heavy atom. The molecule has 0 aliphatic carbocycles. The van der Waals surface area contributed by atoms with Crippen molar-refractivity contribution in [3.8, 4) is 0 Å². The molecular weight excluding hydrogens is 629 g/mol. The van der Waals surface area contributed by atoms with E-state index in [9.17, 15) is 9.90 Å². The predicted octanol–water partition coefficient (Wildman–Crippen LogP) is 14.4. The molecule has 0 aromatic carbocycles. The van der Waals surface area contributed by atoms with Crippen molar-refractivity contribution < 1.29 is 19.4 Å². The predicted molar refractivity (Wildman–Crippen MR) is 223 cm³/mol. The van der Waals surface area contributed by atoms with Gasteiger partial charge in [0, 0.05) is 13.0 Å². The molecule has 1 unspecified atom stereocenters. The van der Waals surface area contributed by atoms with Crippen molar-refractivity contribution in [2.24, 2.45) is 0 Å². The van der Waals surface area contributed by atoms with Gasteiger partial charge < -0.3 is 14.6 Å². The first-order valence-electron chi connectivity index (χ1n) is 21.9. The number of rotatable bonds is 40. The molecule has 0 rings (SSSR count). The molecule has 0 spiro atoms. The van der Waals surface area contributed by atoms with Crippen LogP contribution in [0.2, 0.25) is 0 Å². The summed E-state index contributed by atoms with van der Waals surface area (Å²) < 4.78 is 11.2. The lowest BCUT2D eigenvalue weighted by Gasteiger charge is -2.15. The summed E-state index contributed by atoms with van der Waals surface area (Å²) in [6.07, 6.45) is 58.5. The van der Waals surface area contributed by atoms with Gasteiger partial charge in [-0.15, -0.1) is 0 Å². The molecule has 0 aromatic heterocycles. The lowest BCUT2D eigenvalue weighted by molar-refractivity contribution is -0.154. The van der Waals surface area contributed by atoms with Crippen molar-refractivity contribution in [2.45, 2.75) is 213 Å². The summed E-state index contributed by atoms with van der Waals surface area (Å²) in [5.41, 5.74) is 0. The average Bonchev–Trinajstić information content (AvgIpc) is 3.14. The second-order valence-electron chi connectivity index (χ2n) is 14.4. The standard InChI is InChI=1S/C47H84O4/c1-3-5-7-9-11-13-15-17-19-21-22-23-24-25-26-27-28-30-32-34-36-38-40-42-47(49)51-46(44-48)45-50-43-41-39-37-35-33-31-29-20-18-16-14-12-10-8-6-4-2/h6,8,12,14-15,17-18,20-22,46,48H,3-5,7,9-11,13,16,19,23-45H2,1-2H3/b8-6-,14-12-,17-15-,20-18-,22-21-. The molecule has 0 heterocycles. The highest BCUT2D eigenvalue weighted by atomic mass is 16.6. The normalized spacial score (nSPS) is 12.9. The van der Waals surface area contributed by atoms with Gasteiger partial charge in [0.05, 0.1) is 13.2 Å². The quantitative estimate of drug-likeness (QED) is 0.0390. The molecule has 4 heteroatoms. The number of aliphatic hydroxyl groups excluding tert-OH is 1. The van der Waals surface area contributed by atoms with E-state index in [4.69, 9.17) is 9.47 Å². The van der Waals surface area contributed by atoms with Crippen LogP contribution in [0.3, 0.4) is 0 Å². The Labute approximate surface area is 317 Å². The lowest BCUT2D eigenvalue weighted by atomic mass is 10.0. The number of ether oxygens (including phenoxy) is 2. The van der Waals surface area contributed by atoms with Crippen molar-refractivity contribution in [1.29, 1.82) is 0 Å². The maximum absolute atomic E-state index is 12.2. The van der Waals surface area contributed by atoms with Crippen LogP contribution in [0.15, 0.2) is 60.8 Å². The van der Waals surface area contributed by atoms with Crippen LogP contribution in [0.4, 0.5) is 0 Å². The maximum atomic E-state index is 12.2. The first-order chi connectivity index (χ1) is 25.2. The molecule has 0 radical (unpaired) electrons. The van der Waals surface area contributed by atoms with Crippen LogP contribution in [0.5, 0.6) is 0 Å². The van der Waals surface area contributed by atoms with Crippen LogP contribution in [0, 0.1) is 0 Å². The highest BCUT2D eigenvalue weighted by Crippen LogP contribution is 2.14. The zero-order valence-corrected chi connectivity index (χ0v) is 33.9. The van der Waals surface area contributed by atoms with E-state index >= 15 is 0 Å². The van der Waals surface area contributed by atoms with E-state index in [1.165, 1.54) is 135 Å². The van der Waals surface area contributed by atoms with Crippen LogP contribution in [0.1, 0.15) is 206 Å². The second kappa shape index (κ2) is 44.3. The molecule has 296 valence electrons. The Bertz CT molecular complexity index is 839. The van der Waals surface area contributed by atoms with Gasteiger partial charge >= 0.3 is 5.97 Å². The van der Waals surface area contributed by atoms with Gasteiger partial charge in [-0.3, -0.25) is 4.79 Å². The fourth-order valence-electron chi connectivity index (χ4n) is 6.08. The first-order valence-corrected chi connectivity index (χ1v) is 21.9. The summed E-state index contributed by atoms with van der Waals surface area (Å²) in [5, 5.41) is 9.60. The van der Waals surface area contributed by atoms with Crippen LogP contribution >= 0.6 is 0 Å². The van der Waals surface area contributed by atoms with Gasteiger partial charge in [-0.2, -0.15) is 0 Å². The van der Waals surface area contributed by atoms with Crippen molar-refractivity contribution in [3.05, 3.63) is 60.8 Å². The largest absolute Gasteiger partial charge is 0.457 e. The van der Waals surface area contributed by atoms with Gasteiger partial charge in [0.1, 0.15) is 6.10 Å². The minimum atomic E-state index is -0.544. The van der Waals surface area contributed by atoms with E-state index in [0.717, 1.165) is 51.4 Å². The highest BCUT2D eigenvalue weighted by Gasteiger charge is 2.13. The van der Waals surface area contributed by atoms with E-state index < -0.39 is 6.10 Å². The zero-order valence-electron chi connectivity index (χ0n) is 33.9. The van der Waals surface area contributed by atoms with Crippen molar-refractivity contribution >= 4 is 5.97 Å². The molecular formula is C47H84O4. The van der Waals surface area contributed by atoms with E-state index in [2.05, 4.69) is 74.6 Å². The van der Waals surface area contributed by atoms with E-state index in [1.54, 1.807) is 0 Å². The molecule has 0 aromatic rings. The number of allylic oxidation sites excluding steroid dienone is 10. The second-order valence-corrected chi connectivity index (χ2v) is 14.4. The first kappa shape index (κ1) is 49.1. The van der Waals surface area contributed by atoms with Gasteiger partial charge in [0.15, 0.2) is 0 Å². The third-order valence-corrected chi connectivity index (χ3v) is 9.33. The molecule has 0 aliphatic heterocycles. The van der Waals surface area contributed by atoms with Crippen molar-refractivity contribution in [1.82, 2.24) is 0 Å². The number of carbonyl (C=O) groups is 1. The monoisotopic (exact) mass is 713 g/mol. The summed E-state index contributed by atoms with van der Waals surface area (Å²) in [6, 6.07) is 0. The van der Waals surface area contributed by atoms with Gasteiger partial charge in [-0.1, -0.05) is 184 Å². The average molecular weight is 713 g/mol. The minimum Gasteiger partial charge on any atom is -0.457 e. The molecule has 0 saturated carbocycles. The Balaban J connectivity index is 3.45. The topological polar surface area (TPSA) is 55.8 Å². The van der Waals surface area contributed by atoms with Gasteiger partial charge in [-0.25, -0.2) is 0 Å². The fraction of sp³-hybridized carbons (Fsp3) is 0.766. The maximum Gasteiger partial charge on any atom is 0.306 e.